The smallest absolute Gasteiger partial charge is 0.347 e. The fourth-order valence-electron chi connectivity index (χ4n) is 2.55. The third-order valence-electron chi connectivity index (χ3n) is 3.96. The SMILES string of the molecule is O=C(Cn1cccnc1=O)Nc1ccc(OCC(=O)N2CCOCC2)cc1. The van der Waals surface area contributed by atoms with Crippen LogP contribution in [0.25, 0.3) is 0 Å². The van der Waals surface area contributed by atoms with Crippen LogP contribution >= 0.6 is 0 Å². The first-order valence-electron chi connectivity index (χ1n) is 8.51. The van der Waals surface area contributed by atoms with E-state index in [-0.39, 0.29) is 25.0 Å². The topological polar surface area (TPSA) is 103 Å². The van der Waals surface area contributed by atoms with E-state index in [9.17, 15) is 14.4 Å². The highest BCUT2D eigenvalue weighted by molar-refractivity contribution is 5.90. The first kappa shape index (κ1) is 18.6. The first-order chi connectivity index (χ1) is 13.1. The summed E-state index contributed by atoms with van der Waals surface area (Å²) in [6.45, 7) is 2.07. The van der Waals surface area contributed by atoms with Gasteiger partial charge in [-0.3, -0.25) is 14.2 Å². The van der Waals surface area contributed by atoms with E-state index in [0.29, 0.717) is 37.7 Å². The minimum absolute atomic E-state index is 0.0460. The van der Waals surface area contributed by atoms with E-state index in [2.05, 4.69) is 10.3 Å². The largest absolute Gasteiger partial charge is 0.484 e. The zero-order valence-corrected chi connectivity index (χ0v) is 14.7. The minimum atomic E-state index is -0.485. The summed E-state index contributed by atoms with van der Waals surface area (Å²) in [7, 11) is 0. The van der Waals surface area contributed by atoms with Crippen LogP contribution in [0.2, 0.25) is 0 Å². The molecule has 0 atom stereocenters. The number of hydrogen-bond acceptors (Lipinski definition) is 6. The molecular weight excluding hydrogens is 352 g/mol. The number of nitrogens with one attached hydrogen (secondary N) is 1. The second-order valence-electron chi connectivity index (χ2n) is 5.88. The zero-order chi connectivity index (χ0) is 19.1. The third kappa shape index (κ3) is 5.38. The number of anilines is 1. The van der Waals surface area contributed by atoms with Crippen LogP contribution in [0.15, 0.2) is 47.5 Å². The van der Waals surface area contributed by atoms with Gasteiger partial charge in [0.05, 0.1) is 13.2 Å². The molecule has 3 rings (SSSR count). The lowest BCUT2D eigenvalue weighted by atomic mass is 10.3. The van der Waals surface area contributed by atoms with E-state index in [1.54, 1.807) is 35.2 Å². The summed E-state index contributed by atoms with van der Waals surface area (Å²) < 4.78 is 11.9. The van der Waals surface area contributed by atoms with Gasteiger partial charge in [-0.25, -0.2) is 9.78 Å². The molecule has 142 valence electrons. The molecule has 1 saturated heterocycles. The Balaban J connectivity index is 1.48. The monoisotopic (exact) mass is 372 g/mol. The molecule has 0 unspecified atom stereocenters. The van der Waals surface area contributed by atoms with Crippen molar-refractivity contribution >= 4 is 17.5 Å². The highest BCUT2D eigenvalue weighted by Gasteiger charge is 2.17. The van der Waals surface area contributed by atoms with Crippen molar-refractivity contribution in [3.63, 3.8) is 0 Å². The average molecular weight is 372 g/mol. The fraction of sp³-hybridized carbons (Fsp3) is 0.333. The number of benzene rings is 1. The van der Waals surface area contributed by atoms with E-state index in [1.165, 1.54) is 17.0 Å². The van der Waals surface area contributed by atoms with Crippen LogP contribution < -0.4 is 15.7 Å². The number of morpholine rings is 1. The van der Waals surface area contributed by atoms with E-state index in [0.717, 1.165) is 0 Å². The second kappa shape index (κ2) is 8.95. The minimum Gasteiger partial charge on any atom is -0.484 e. The molecular formula is C18H20N4O5. The van der Waals surface area contributed by atoms with Gasteiger partial charge < -0.3 is 19.7 Å². The van der Waals surface area contributed by atoms with Gasteiger partial charge in [-0.05, 0) is 30.3 Å². The van der Waals surface area contributed by atoms with Crippen molar-refractivity contribution in [2.75, 3.05) is 38.2 Å². The second-order valence-corrected chi connectivity index (χ2v) is 5.88. The summed E-state index contributed by atoms with van der Waals surface area (Å²) in [5, 5.41) is 2.69. The van der Waals surface area contributed by atoms with Gasteiger partial charge in [0, 0.05) is 31.2 Å². The van der Waals surface area contributed by atoms with Crippen LogP contribution in [-0.4, -0.2) is 59.2 Å². The molecule has 9 heteroatoms. The van der Waals surface area contributed by atoms with E-state index >= 15 is 0 Å². The molecule has 0 saturated carbocycles. The Morgan fingerprint density at radius 2 is 1.93 bits per heavy atom. The average Bonchev–Trinajstić information content (AvgIpc) is 2.69. The van der Waals surface area contributed by atoms with Gasteiger partial charge in [-0.1, -0.05) is 0 Å². The lowest BCUT2D eigenvalue weighted by Crippen LogP contribution is -2.42. The van der Waals surface area contributed by atoms with Crippen molar-refractivity contribution in [2.45, 2.75) is 6.54 Å². The maximum Gasteiger partial charge on any atom is 0.347 e. The summed E-state index contributed by atoms with van der Waals surface area (Å²) in [5.74, 6) is 0.0944. The maximum atomic E-state index is 12.0. The van der Waals surface area contributed by atoms with Crippen LogP contribution in [0, 0.1) is 0 Å². The van der Waals surface area contributed by atoms with E-state index in [1.807, 2.05) is 0 Å². The molecule has 0 radical (unpaired) electrons. The van der Waals surface area contributed by atoms with Crippen LogP contribution in [0.4, 0.5) is 5.69 Å². The lowest BCUT2D eigenvalue weighted by molar-refractivity contribution is -0.137. The third-order valence-corrected chi connectivity index (χ3v) is 3.96. The van der Waals surface area contributed by atoms with Crippen LogP contribution in [-0.2, 0) is 20.9 Å². The molecule has 1 fully saturated rings. The number of ether oxygens (including phenoxy) is 2. The van der Waals surface area contributed by atoms with Crippen LogP contribution in [0.3, 0.4) is 0 Å². The first-order valence-corrected chi connectivity index (χ1v) is 8.51. The Hall–Kier alpha value is -3.20. The van der Waals surface area contributed by atoms with Crippen LogP contribution in [0.1, 0.15) is 0 Å². The highest BCUT2D eigenvalue weighted by atomic mass is 16.5. The van der Waals surface area contributed by atoms with Crippen molar-refractivity contribution in [3.8, 4) is 5.75 Å². The number of hydrogen-bond donors (Lipinski definition) is 1. The Labute approximate surface area is 155 Å². The molecule has 0 aliphatic carbocycles. The standard InChI is InChI=1S/C18H20N4O5/c23-16(12-22-7-1-6-19-18(22)25)20-14-2-4-15(5-3-14)27-13-17(24)21-8-10-26-11-9-21/h1-7H,8-13H2,(H,20,23). The predicted molar refractivity (Wildman–Crippen MR) is 96.5 cm³/mol. The van der Waals surface area contributed by atoms with Gasteiger partial charge >= 0.3 is 5.69 Å². The van der Waals surface area contributed by atoms with Gasteiger partial charge in [-0.15, -0.1) is 0 Å². The van der Waals surface area contributed by atoms with Crippen LogP contribution in [0.5, 0.6) is 5.75 Å². The Kier molecular flexibility index (Phi) is 6.16. The van der Waals surface area contributed by atoms with E-state index in [4.69, 9.17) is 9.47 Å². The zero-order valence-electron chi connectivity index (χ0n) is 14.7. The number of nitrogens with zero attached hydrogens (tertiary/aromatic N) is 3. The van der Waals surface area contributed by atoms with Crippen molar-refractivity contribution in [1.82, 2.24) is 14.5 Å². The van der Waals surface area contributed by atoms with Gasteiger partial charge in [0.25, 0.3) is 5.91 Å². The summed E-state index contributed by atoms with van der Waals surface area (Å²) in [6, 6.07) is 8.24. The Morgan fingerprint density at radius 1 is 1.19 bits per heavy atom. The molecule has 2 amide bonds. The summed E-state index contributed by atoms with van der Waals surface area (Å²) in [4.78, 5) is 40.9. The van der Waals surface area contributed by atoms with Gasteiger partial charge in [0.1, 0.15) is 12.3 Å². The molecule has 1 aromatic carbocycles. The summed E-state index contributed by atoms with van der Waals surface area (Å²) in [6.07, 6.45) is 2.87. The van der Waals surface area contributed by atoms with Crippen molar-refractivity contribution in [3.05, 3.63) is 53.2 Å². The normalized spacial score (nSPS) is 13.9. The summed E-state index contributed by atoms with van der Waals surface area (Å²) >= 11 is 0. The van der Waals surface area contributed by atoms with Gasteiger partial charge in [0.15, 0.2) is 6.61 Å². The molecule has 1 N–H and O–H groups in total. The maximum absolute atomic E-state index is 12.0. The molecule has 27 heavy (non-hydrogen) atoms. The van der Waals surface area contributed by atoms with Crippen molar-refractivity contribution in [1.29, 1.82) is 0 Å². The predicted octanol–water partition coefficient (Wildman–Crippen LogP) is 0.120. The molecule has 9 nitrogen and oxygen atoms in total. The molecule has 1 aliphatic heterocycles. The van der Waals surface area contributed by atoms with E-state index < -0.39 is 5.69 Å². The number of rotatable bonds is 6. The molecule has 1 aromatic heterocycles. The Bertz CT molecular complexity index is 843. The molecule has 2 aromatic rings. The summed E-state index contributed by atoms with van der Waals surface area (Å²) in [5.41, 5.74) is 0.0742. The highest BCUT2D eigenvalue weighted by Crippen LogP contribution is 2.16. The molecule has 0 bridgehead atoms. The van der Waals surface area contributed by atoms with Crippen molar-refractivity contribution < 1.29 is 19.1 Å². The molecule has 0 spiro atoms. The molecule has 1 aliphatic rings. The number of carbonyl (C=O) groups excluding carboxylic acids is 2. The quantitative estimate of drug-likeness (QED) is 0.773. The number of amides is 2. The van der Waals surface area contributed by atoms with Gasteiger partial charge in [0.2, 0.25) is 5.91 Å². The number of aromatic nitrogens is 2. The number of carbonyl (C=O) groups is 2. The van der Waals surface area contributed by atoms with Crippen molar-refractivity contribution in [2.24, 2.45) is 0 Å². The lowest BCUT2D eigenvalue weighted by Gasteiger charge is -2.26. The molecule has 2 heterocycles. The Morgan fingerprint density at radius 3 is 2.63 bits per heavy atom. The fourth-order valence-corrected chi connectivity index (χ4v) is 2.55. The van der Waals surface area contributed by atoms with Gasteiger partial charge in [-0.2, -0.15) is 0 Å².